The average molecular weight is 380 g/mol. The predicted octanol–water partition coefficient (Wildman–Crippen LogP) is 3.60. The normalized spacial score (nSPS) is 14.5. The van der Waals surface area contributed by atoms with E-state index in [2.05, 4.69) is 20.8 Å². The second-order valence-electron chi connectivity index (χ2n) is 8.08. The predicted molar refractivity (Wildman–Crippen MR) is 102 cm³/mol. The fourth-order valence-electron chi connectivity index (χ4n) is 2.38. The lowest BCUT2D eigenvalue weighted by Gasteiger charge is -2.39. The standard InChI is InChI=1S/C20H32O5Si/c1-7-17(15-11-9-8-10-12-15)24-19(23)14-16(13-18(21)22)25-26(5,6)20(2,3)4/h8-12,16-17H,7,13-14H2,1-6H3,(H,21,22)/p-1. The monoisotopic (exact) mass is 379 g/mol. The zero-order chi connectivity index (χ0) is 20.0. The topological polar surface area (TPSA) is 75.7 Å². The average Bonchev–Trinajstić information content (AvgIpc) is 2.51. The number of benzene rings is 1. The molecule has 0 fully saturated rings. The molecule has 2 atom stereocenters. The van der Waals surface area contributed by atoms with Gasteiger partial charge in [0.15, 0.2) is 8.32 Å². The van der Waals surface area contributed by atoms with Crippen molar-refractivity contribution < 1.29 is 23.9 Å². The minimum absolute atomic E-state index is 0.0862. The van der Waals surface area contributed by atoms with Gasteiger partial charge in [-0.15, -0.1) is 0 Å². The van der Waals surface area contributed by atoms with Gasteiger partial charge in [-0.05, 0) is 30.1 Å². The van der Waals surface area contributed by atoms with E-state index < -0.39 is 26.4 Å². The number of hydrogen-bond acceptors (Lipinski definition) is 5. The molecule has 1 aromatic rings. The van der Waals surface area contributed by atoms with Crippen molar-refractivity contribution in [1.82, 2.24) is 0 Å². The quantitative estimate of drug-likeness (QED) is 0.484. The smallest absolute Gasteiger partial charge is 0.308 e. The van der Waals surface area contributed by atoms with Gasteiger partial charge in [0.2, 0.25) is 0 Å². The molecule has 0 saturated carbocycles. The molecule has 0 aliphatic carbocycles. The largest absolute Gasteiger partial charge is 0.550 e. The van der Waals surface area contributed by atoms with Crippen LogP contribution in [0.3, 0.4) is 0 Å². The SMILES string of the molecule is CCC(OC(=O)CC(CC(=O)[O-])O[Si](C)(C)C(C)(C)C)c1ccccc1. The molecular weight excluding hydrogens is 348 g/mol. The number of rotatable bonds is 9. The van der Waals surface area contributed by atoms with Gasteiger partial charge in [-0.3, -0.25) is 4.79 Å². The Morgan fingerprint density at radius 3 is 2.15 bits per heavy atom. The Morgan fingerprint density at radius 1 is 1.12 bits per heavy atom. The number of hydrogen-bond donors (Lipinski definition) is 0. The summed E-state index contributed by atoms with van der Waals surface area (Å²) in [6, 6.07) is 9.51. The van der Waals surface area contributed by atoms with Gasteiger partial charge in [-0.1, -0.05) is 58.0 Å². The van der Waals surface area contributed by atoms with Crippen molar-refractivity contribution >= 4 is 20.3 Å². The molecule has 2 unspecified atom stereocenters. The maximum Gasteiger partial charge on any atom is 0.308 e. The fraction of sp³-hybridized carbons (Fsp3) is 0.600. The van der Waals surface area contributed by atoms with Crippen LogP contribution in [0.5, 0.6) is 0 Å². The number of esters is 1. The van der Waals surface area contributed by atoms with Gasteiger partial charge in [0, 0.05) is 12.4 Å². The lowest BCUT2D eigenvalue weighted by molar-refractivity contribution is -0.307. The first kappa shape index (κ1) is 22.4. The lowest BCUT2D eigenvalue weighted by Crippen LogP contribution is -2.46. The second-order valence-corrected chi connectivity index (χ2v) is 12.8. The molecule has 5 nitrogen and oxygen atoms in total. The molecule has 0 amide bonds. The van der Waals surface area contributed by atoms with Gasteiger partial charge in [-0.2, -0.15) is 0 Å². The lowest BCUT2D eigenvalue weighted by atomic mass is 10.1. The summed E-state index contributed by atoms with van der Waals surface area (Å²) in [6.07, 6.45) is -0.848. The van der Waals surface area contributed by atoms with E-state index in [0.717, 1.165) is 5.56 Å². The van der Waals surface area contributed by atoms with Crippen molar-refractivity contribution in [2.24, 2.45) is 0 Å². The van der Waals surface area contributed by atoms with Crippen molar-refractivity contribution in [3.63, 3.8) is 0 Å². The molecule has 146 valence electrons. The van der Waals surface area contributed by atoms with Gasteiger partial charge in [0.25, 0.3) is 0 Å². The third-order valence-corrected chi connectivity index (χ3v) is 9.41. The third kappa shape index (κ3) is 6.92. The van der Waals surface area contributed by atoms with Crippen molar-refractivity contribution in [3.8, 4) is 0 Å². The molecule has 0 spiro atoms. The van der Waals surface area contributed by atoms with E-state index in [4.69, 9.17) is 9.16 Å². The van der Waals surface area contributed by atoms with Crippen LogP contribution in [0.2, 0.25) is 18.1 Å². The number of carbonyl (C=O) groups excluding carboxylic acids is 2. The molecule has 1 rings (SSSR count). The molecular formula is C20H31O5Si-. The Morgan fingerprint density at radius 2 is 1.69 bits per heavy atom. The molecule has 0 aliphatic heterocycles. The van der Waals surface area contributed by atoms with Gasteiger partial charge in [-0.25, -0.2) is 0 Å². The highest BCUT2D eigenvalue weighted by molar-refractivity contribution is 6.74. The van der Waals surface area contributed by atoms with Gasteiger partial charge in [0.05, 0.1) is 12.5 Å². The zero-order valence-corrected chi connectivity index (χ0v) is 17.7. The molecule has 0 aromatic heterocycles. The van der Waals surface area contributed by atoms with Crippen molar-refractivity contribution in [2.45, 2.75) is 77.3 Å². The van der Waals surface area contributed by atoms with Crippen LogP contribution in [0, 0.1) is 0 Å². The van der Waals surface area contributed by atoms with Crippen molar-refractivity contribution in [3.05, 3.63) is 35.9 Å². The molecule has 0 aliphatic rings. The summed E-state index contributed by atoms with van der Waals surface area (Å²) in [5, 5.41) is 11.0. The van der Waals surface area contributed by atoms with E-state index in [1.807, 2.05) is 50.3 Å². The summed E-state index contributed by atoms with van der Waals surface area (Å²) < 4.78 is 11.7. The van der Waals surface area contributed by atoms with Crippen LogP contribution in [-0.2, 0) is 18.8 Å². The van der Waals surface area contributed by atoms with Crippen LogP contribution in [0.4, 0.5) is 0 Å². The van der Waals surface area contributed by atoms with Crippen LogP contribution in [0.25, 0.3) is 0 Å². The summed E-state index contributed by atoms with van der Waals surface area (Å²) in [5.74, 6) is -1.68. The molecule has 26 heavy (non-hydrogen) atoms. The van der Waals surface area contributed by atoms with Crippen LogP contribution in [0.1, 0.15) is 58.6 Å². The molecule has 6 heteroatoms. The van der Waals surface area contributed by atoms with Crippen LogP contribution < -0.4 is 5.11 Å². The first-order valence-electron chi connectivity index (χ1n) is 9.08. The van der Waals surface area contributed by atoms with Gasteiger partial charge < -0.3 is 19.1 Å². The molecule has 0 heterocycles. The Balaban J connectivity index is 2.80. The number of carboxylic acid groups (broad SMARTS) is 1. The highest BCUT2D eigenvalue weighted by Crippen LogP contribution is 2.38. The molecule has 0 bridgehead atoms. The Labute approximate surface area is 157 Å². The van der Waals surface area contributed by atoms with Crippen molar-refractivity contribution in [1.29, 1.82) is 0 Å². The first-order chi connectivity index (χ1) is 12.0. The van der Waals surface area contributed by atoms with E-state index in [1.54, 1.807) is 0 Å². The Bertz CT molecular complexity index is 592. The van der Waals surface area contributed by atoms with Gasteiger partial charge >= 0.3 is 5.97 Å². The Kier molecular flexibility index (Phi) is 8.03. The highest BCUT2D eigenvalue weighted by Gasteiger charge is 2.39. The fourth-order valence-corrected chi connectivity index (χ4v) is 3.74. The minimum Gasteiger partial charge on any atom is -0.550 e. The number of aliphatic carboxylic acids is 1. The van der Waals surface area contributed by atoms with E-state index >= 15 is 0 Å². The van der Waals surface area contributed by atoms with E-state index in [9.17, 15) is 14.7 Å². The summed E-state index contributed by atoms with van der Waals surface area (Å²) in [7, 11) is -2.21. The number of carbonyl (C=O) groups is 2. The summed E-state index contributed by atoms with van der Waals surface area (Å²) in [4.78, 5) is 23.5. The zero-order valence-electron chi connectivity index (χ0n) is 16.7. The maximum absolute atomic E-state index is 12.4. The van der Waals surface area contributed by atoms with Crippen LogP contribution in [-0.4, -0.2) is 26.4 Å². The summed E-state index contributed by atoms with van der Waals surface area (Å²) >= 11 is 0. The minimum atomic E-state index is -2.21. The van der Waals surface area contributed by atoms with E-state index in [0.29, 0.717) is 6.42 Å². The van der Waals surface area contributed by atoms with Crippen LogP contribution in [0.15, 0.2) is 30.3 Å². The number of carboxylic acids is 1. The van der Waals surface area contributed by atoms with Crippen molar-refractivity contribution in [2.75, 3.05) is 0 Å². The van der Waals surface area contributed by atoms with Gasteiger partial charge in [0.1, 0.15) is 6.10 Å². The Hall–Kier alpha value is -1.66. The molecule has 0 radical (unpaired) electrons. The third-order valence-electron chi connectivity index (χ3n) is 4.87. The summed E-state index contributed by atoms with van der Waals surface area (Å²) in [5.41, 5.74) is 0.921. The highest BCUT2D eigenvalue weighted by atomic mass is 28.4. The molecule has 1 aromatic carbocycles. The maximum atomic E-state index is 12.4. The van der Waals surface area contributed by atoms with E-state index in [-0.39, 0.29) is 24.0 Å². The molecule has 0 N–H and O–H groups in total. The second kappa shape index (κ2) is 9.32. The van der Waals surface area contributed by atoms with Crippen LogP contribution >= 0.6 is 0 Å². The summed E-state index contributed by atoms with van der Waals surface area (Å²) in [6.45, 7) is 12.2. The van der Waals surface area contributed by atoms with E-state index in [1.165, 1.54) is 0 Å². The number of ether oxygens (including phenoxy) is 1. The first-order valence-corrected chi connectivity index (χ1v) is 12.0. The molecule has 0 saturated heterocycles.